The van der Waals surface area contributed by atoms with Crippen LogP contribution in [0.5, 0.6) is 5.75 Å². The van der Waals surface area contributed by atoms with Gasteiger partial charge >= 0.3 is 0 Å². The molecule has 0 spiro atoms. The summed E-state index contributed by atoms with van der Waals surface area (Å²) in [5.41, 5.74) is 1.39. The number of sulfonamides is 1. The van der Waals surface area contributed by atoms with E-state index >= 15 is 0 Å². The topological polar surface area (TPSA) is 66.9 Å². The van der Waals surface area contributed by atoms with E-state index in [2.05, 4.69) is 6.92 Å². The van der Waals surface area contributed by atoms with Gasteiger partial charge in [0.2, 0.25) is 10.0 Å². The maximum absolute atomic E-state index is 13.3. The molecule has 0 radical (unpaired) electrons. The van der Waals surface area contributed by atoms with Gasteiger partial charge in [-0.05, 0) is 61.2 Å². The van der Waals surface area contributed by atoms with Crippen molar-refractivity contribution in [3.8, 4) is 5.75 Å². The Morgan fingerprint density at radius 3 is 2.37 bits per heavy atom. The number of methoxy groups -OCH3 is 1. The number of nitrogens with zero attached hydrogens (tertiary/aromatic N) is 2. The lowest BCUT2D eigenvalue weighted by atomic mass is 9.98. The van der Waals surface area contributed by atoms with Gasteiger partial charge < -0.3 is 9.64 Å². The van der Waals surface area contributed by atoms with Crippen molar-refractivity contribution < 1.29 is 22.3 Å². The number of ether oxygens (including phenoxy) is 1. The fourth-order valence-corrected chi connectivity index (χ4v) is 4.47. The van der Waals surface area contributed by atoms with E-state index in [0.717, 1.165) is 19.1 Å². The highest BCUT2D eigenvalue weighted by Crippen LogP contribution is 2.28. The molecular formula is C22H27FN2O4S. The average Bonchev–Trinajstić information content (AvgIpc) is 2.72. The molecule has 8 heteroatoms. The van der Waals surface area contributed by atoms with Crippen molar-refractivity contribution >= 4 is 21.6 Å². The SMILES string of the molecule is COc1ccc(C(=O)N2CCC(C)CC2)cc1CN(c1ccc(F)cc1)S(C)(=O)=O. The first-order chi connectivity index (χ1) is 14.2. The molecule has 1 saturated heterocycles. The Balaban J connectivity index is 1.92. The van der Waals surface area contributed by atoms with Crippen molar-refractivity contribution in [2.45, 2.75) is 26.3 Å². The molecule has 1 heterocycles. The fraction of sp³-hybridized carbons (Fsp3) is 0.409. The summed E-state index contributed by atoms with van der Waals surface area (Å²) < 4.78 is 44.7. The molecule has 0 aliphatic carbocycles. The van der Waals surface area contributed by atoms with Gasteiger partial charge in [-0.15, -0.1) is 0 Å². The van der Waals surface area contributed by atoms with Gasteiger partial charge in [-0.1, -0.05) is 6.92 Å². The van der Waals surface area contributed by atoms with Crippen LogP contribution in [-0.4, -0.2) is 45.7 Å². The lowest BCUT2D eigenvalue weighted by molar-refractivity contribution is 0.0697. The number of carbonyl (C=O) groups excluding carboxylic acids is 1. The van der Waals surface area contributed by atoms with Crippen LogP contribution in [-0.2, 0) is 16.6 Å². The highest BCUT2D eigenvalue weighted by atomic mass is 32.2. The third-order valence-electron chi connectivity index (χ3n) is 5.43. The monoisotopic (exact) mass is 434 g/mol. The summed E-state index contributed by atoms with van der Waals surface area (Å²) in [6.45, 7) is 3.58. The van der Waals surface area contributed by atoms with Crippen LogP contribution in [0.4, 0.5) is 10.1 Å². The summed E-state index contributed by atoms with van der Waals surface area (Å²) in [6, 6.07) is 10.3. The van der Waals surface area contributed by atoms with Gasteiger partial charge in [-0.3, -0.25) is 9.10 Å². The molecular weight excluding hydrogens is 407 g/mol. The second-order valence-corrected chi connectivity index (χ2v) is 9.65. The number of halogens is 1. The van der Waals surface area contributed by atoms with Gasteiger partial charge in [0.1, 0.15) is 11.6 Å². The van der Waals surface area contributed by atoms with Gasteiger partial charge in [0.05, 0.1) is 25.6 Å². The average molecular weight is 435 g/mol. The van der Waals surface area contributed by atoms with Crippen LogP contribution in [0.3, 0.4) is 0 Å². The molecule has 30 heavy (non-hydrogen) atoms. The van der Waals surface area contributed by atoms with E-state index in [1.54, 1.807) is 18.2 Å². The van der Waals surface area contributed by atoms with Crippen molar-refractivity contribution in [2.24, 2.45) is 5.92 Å². The minimum Gasteiger partial charge on any atom is -0.496 e. The van der Waals surface area contributed by atoms with Crippen LogP contribution >= 0.6 is 0 Å². The molecule has 0 atom stereocenters. The molecule has 1 aliphatic heterocycles. The Labute approximate surface area is 177 Å². The Hall–Kier alpha value is -2.61. The summed E-state index contributed by atoms with van der Waals surface area (Å²) in [7, 11) is -2.16. The number of hydrogen-bond donors (Lipinski definition) is 0. The van der Waals surface area contributed by atoms with Crippen LogP contribution < -0.4 is 9.04 Å². The first-order valence-electron chi connectivity index (χ1n) is 9.88. The van der Waals surface area contributed by atoms with E-state index in [9.17, 15) is 17.6 Å². The Bertz CT molecular complexity index is 1000. The quantitative estimate of drug-likeness (QED) is 0.696. The number of carbonyl (C=O) groups is 1. The van der Waals surface area contributed by atoms with Crippen LogP contribution in [0.15, 0.2) is 42.5 Å². The number of anilines is 1. The molecule has 1 fully saturated rings. The standard InChI is InChI=1S/C22H27FN2O4S/c1-16-10-12-24(13-11-16)22(26)17-4-9-21(29-2)18(14-17)15-25(30(3,27)28)20-7-5-19(23)6-8-20/h4-9,14,16H,10-13,15H2,1-3H3. The number of hydrogen-bond acceptors (Lipinski definition) is 4. The van der Waals surface area contributed by atoms with Crippen molar-refractivity contribution in [3.05, 3.63) is 59.4 Å². The zero-order valence-corrected chi connectivity index (χ0v) is 18.3. The Morgan fingerprint density at radius 1 is 1.17 bits per heavy atom. The number of amides is 1. The maximum atomic E-state index is 13.3. The van der Waals surface area contributed by atoms with Crippen LogP contribution in [0.1, 0.15) is 35.7 Å². The first-order valence-corrected chi connectivity index (χ1v) is 11.7. The largest absolute Gasteiger partial charge is 0.496 e. The first kappa shape index (κ1) is 22.1. The van der Waals surface area contributed by atoms with Crippen molar-refractivity contribution in [2.75, 3.05) is 30.8 Å². The summed E-state index contributed by atoms with van der Waals surface area (Å²) >= 11 is 0. The lowest BCUT2D eigenvalue weighted by Gasteiger charge is -2.30. The molecule has 2 aromatic carbocycles. The maximum Gasteiger partial charge on any atom is 0.253 e. The summed E-state index contributed by atoms with van der Waals surface area (Å²) in [4.78, 5) is 14.8. The summed E-state index contributed by atoms with van der Waals surface area (Å²) in [5, 5.41) is 0. The number of likely N-dealkylation sites (tertiary alicyclic amines) is 1. The van der Waals surface area contributed by atoms with Gasteiger partial charge in [0.15, 0.2) is 0 Å². The third kappa shape index (κ3) is 5.11. The van der Waals surface area contributed by atoms with Crippen LogP contribution in [0.2, 0.25) is 0 Å². The Morgan fingerprint density at radius 2 is 1.80 bits per heavy atom. The fourth-order valence-electron chi connectivity index (χ4n) is 3.59. The minimum absolute atomic E-state index is 0.0359. The van der Waals surface area contributed by atoms with E-state index in [0.29, 0.717) is 41.6 Å². The molecule has 0 saturated carbocycles. The molecule has 3 rings (SSSR count). The van der Waals surface area contributed by atoms with Crippen LogP contribution in [0.25, 0.3) is 0 Å². The highest BCUT2D eigenvalue weighted by molar-refractivity contribution is 7.92. The number of benzene rings is 2. The molecule has 0 N–H and O–H groups in total. The zero-order chi connectivity index (χ0) is 21.9. The van der Waals surface area contributed by atoms with E-state index in [4.69, 9.17) is 4.74 Å². The normalized spacial score (nSPS) is 15.1. The Kier molecular flexibility index (Phi) is 6.65. The summed E-state index contributed by atoms with van der Waals surface area (Å²) in [5.74, 6) is 0.570. The predicted octanol–water partition coefficient (Wildman–Crippen LogP) is 3.67. The van der Waals surface area contributed by atoms with E-state index in [1.807, 2.05) is 4.90 Å². The number of rotatable bonds is 6. The van der Waals surface area contributed by atoms with Crippen molar-refractivity contribution in [3.63, 3.8) is 0 Å². The predicted molar refractivity (Wildman–Crippen MR) is 115 cm³/mol. The van der Waals surface area contributed by atoms with E-state index in [1.165, 1.54) is 35.7 Å². The second kappa shape index (κ2) is 9.04. The zero-order valence-electron chi connectivity index (χ0n) is 17.5. The molecule has 162 valence electrons. The molecule has 6 nitrogen and oxygen atoms in total. The van der Waals surface area contributed by atoms with Crippen molar-refractivity contribution in [1.29, 1.82) is 0 Å². The van der Waals surface area contributed by atoms with Gasteiger partial charge in [-0.25, -0.2) is 12.8 Å². The van der Waals surface area contributed by atoms with Gasteiger partial charge in [0, 0.05) is 24.2 Å². The highest BCUT2D eigenvalue weighted by Gasteiger charge is 2.24. The van der Waals surface area contributed by atoms with Crippen LogP contribution in [0, 0.1) is 11.7 Å². The molecule has 0 aromatic heterocycles. The van der Waals surface area contributed by atoms with Crippen molar-refractivity contribution in [1.82, 2.24) is 4.90 Å². The minimum atomic E-state index is -3.65. The van der Waals surface area contributed by atoms with Gasteiger partial charge in [0.25, 0.3) is 5.91 Å². The second-order valence-electron chi connectivity index (χ2n) is 7.75. The molecule has 1 amide bonds. The molecule has 0 unspecified atom stereocenters. The summed E-state index contributed by atoms with van der Waals surface area (Å²) in [6.07, 6.45) is 3.04. The third-order valence-corrected chi connectivity index (χ3v) is 6.57. The van der Waals surface area contributed by atoms with E-state index < -0.39 is 15.8 Å². The van der Waals surface area contributed by atoms with E-state index in [-0.39, 0.29) is 12.5 Å². The lowest BCUT2D eigenvalue weighted by Crippen LogP contribution is -2.38. The number of piperidine rings is 1. The molecule has 0 bridgehead atoms. The molecule has 1 aliphatic rings. The van der Waals surface area contributed by atoms with Gasteiger partial charge in [-0.2, -0.15) is 0 Å². The molecule has 2 aromatic rings. The smallest absolute Gasteiger partial charge is 0.253 e.